The number of carbonyl (C=O) groups excluding carboxylic acids is 3. The van der Waals surface area contributed by atoms with E-state index in [-0.39, 0.29) is 28.7 Å². The van der Waals surface area contributed by atoms with Gasteiger partial charge in [-0.25, -0.2) is 0 Å². The van der Waals surface area contributed by atoms with Crippen LogP contribution in [0.3, 0.4) is 0 Å². The Balaban J connectivity index is 1.87. The fourth-order valence-electron chi connectivity index (χ4n) is 6.86. The van der Waals surface area contributed by atoms with Crippen LogP contribution < -0.4 is 0 Å². The highest BCUT2D eigenvalue weighted by Gasteiger charge is 2.60. The molecule has 0 aromatic rings. The summed E-state index contributed by atoms with van der Waals surface area (Å²) in [5.74, 6) is 1.45. The van der Waals surface area contributed by atoms with Gasteiger partial charge in [0.05, 0.1) is 19.6 Å². The average Bonchev–Trinajstić information content (AvgIpc) is 2.93. The van der Waals surface area contributed by atoms with Crippen molar-refractivity contribution in [3.05, 3.63) is 0 Å². The molecule has 0 aromatic carbocycles. The van der Waals surface area contributed by atoms with Crippen LogP contribution in [0.4, 0.5) is 0 Å². The van der Waals surface area contributed by atoms with E-state index in [2.05, 4.69) is 13.8 Å². The maximum atomic E-state index is 12.6. The van der Waals surface area contributed by atoms with Gasteiger partial charge in [-0.15, -0.1) is 0 Å². The summed E-state index contributed by atoms with van der Waals surface area (Å²) >= 11 is 0. The molecule has 0 amide bonds. The second-order valence-corrected chi connectivity index (χ2v) is 9.57. The van der Waals surface area contributed by atoms with Crippen molar-refractivity contribution in [1.29, 1.82) is 0 Å². The zero-order valence-corrected chi connectivity index (χ0v) is 17.9. The van der Waals surface area contributed by atoms with Crippen LogP contribution in [0.15, 0.2) is 0 Å². The summed E-state index contributed by atoms with van der Waals surface area (Å²) < 4.78 is 10.5. The van der Waals surface area contributed by atoms with Crippen LogP contribution in [0.5, 0.6) is 0 Å². The number of rotatable bonds is 6. The van der Waals surface area contributed by atoms with Crippen LogP contribution in [-0.4, -0.2) is 30.9 Å². The molecule has 0 bridgehead atoms. The minimum absolute atomic E-state index is 0.124. The van der Waals surface area contributed by atoms with Crippen LogP contribution in [0, 0.1) is 34.5 Å². The van der Waals surface area contributed by atoms with E-state index in [4.69, 9.17) is 9.47 Å². The molecule has 3 aliphatic carbocycles. The zero-order chi connectivity index (χ0) is 20.5. The standard InChI is InChI=1S/C23H36O5/c1-5-27-20(25)13-15-7-8-16-17-9-10-19(24)22(17,3)12-11-18(16)23(15,4)14-21(26)28-6-2/h15-18H,5-14H2,1-4H3/t15-,16-,17-,18-,22-,23-/m0/s1. The summed E-state index contributed by atoms with van der Waals surface area (Å²) in [7, 11) is 0. The fraction of sp³-hybridized carbons (Fsp3) is 0.870. The number of Topliss-reactive ketones (excluding diaryl/α,β-unsaturated/α-hetero) is 1. The molecule has 0 aliphatic heterocycles. The first kappa shape index (κ1) is 21.3. The minimum atomic E-state index is -0.283. The third kappa shape index (κ3) is 3.61. The topological polar surface area (TPSA) is 69.7 Å². The first-order chi connectivity index (χ1) is 13.3. The minimum Gasteiger partial charge on any atom is -0.466 e. The smallest absolute Gasteiger partial charge is 0.306 e. The average molecular weight is 393 g/mol. The molecule has 5 nitrogen and oxygen atoms in total. The Morgan fingerprint density at radius 1 is 0.964 bits per heavy atom. The molecule has 3 aliphatic rings. The van der Waals surface area contributed by atoms with Crippen LogP contribution >= 0.6 is 0 Å². The predicted molar refractivity (Wildman–Crippen MR) is 105 cm³/mol. The van der Waals surface area contributed by atoms with Crippen molar-refractivity contribution in [2.24, 2.45) is 34.5 Å². The summed E-state index contributed by atoms with van der Waals surface area (Å²) in [6, 6.07) is 0. The Morgan fingerprint density at radius 2 is 1.64 bits per heavy atom. The second-order valence-electron chi connectivity index (χ2n) is 9.57. The number of esters is 2. The van der Waals surface area contributed by atoms with Crippen LogP contribution in [0.25, 0.3) is 0 Å². The predicted octanol–water partition coefficient (Wildman–Crippen LogP) is 4.32. The Morgan fingerprint density at radius 3 is 2.32 bits per heavy atom. The van der Waals surface area contributed by atoms with Gasteiger partial charge in [0.1, 0.15) is 5.78 Å². The number of hydrogen-bond donors (Lipinski definition) is 0. The Bertz CT molecular complexity index is 628. The lowest BCUT2D eigenvalue weighted by molar-refractivity contribution is -0.161. The van der Waals surface area contributed by atoms with Crippen molar-refractivity contribution in [1.82, 2.24) is 0 Å². The molecule has 0 unspecified atom stereocenters. The lowest BCUT2D eigenvalue weighted by atomic mass is 9.46. The fourth-order valence-corrected chi connectivity index (χ4v) is 6.86. The van der Waals surface area contributed by atoms with Crippen LogP contribution in [0.1, 0.15) is 79.1 Å². The van der Waals surface area contributed by atoms with E-state index >= 15 is 0 Å². The highest BCUT2D eigenvalue weighted by molar-refractivity contribution is 5.87. The number of hydrogen-bond acceptors (Lipinski definition) is 5. The molecular weight excluding hydrogens is 356 g/mol. The van der Waals surface area contributed by atoms with Crippen LogP contribution in [-0.2, 0) is 23.9 Å². The quantitative estimate of drug-likeness (QED) is 0.630. The van der Waals surface area contributed by atoms with Crippen molar-refractivity contribution in [3.8, 4) is 0 Å². The van der Waals surface area contributed by atoms with Gasteiger partial charge >= 0.3 is 11.9 Å². The molecule has 3 saturated carbocycles. The van der Waals surface area contributed by atoms with Crippen molar-refractivity contribution >= 4 is 17.7 Å². The zero-order valence-electron chi connectivity index (χ0n) is 17.9. The van der Waals surface area contributed by atoms with Gasteiger partial charge in [-0.2, -0.15) is 0 Å². The van der Waals surface area contributed by atoms with E-state index in [1.54, 1.807) is 0 Å². The first-order valence-corrected chi connectivity index (χ1v) is 11.1. The van der Waals surface area contributed by atoms with Gasteiger partial charge in [0.25, 0.3) is 0 Å². The first-order valence-electron chi connectivity index (χ1n) is 11.1. The van der Waals surface area contributed by atoms with Crippen molar-refractivity contribution < 1.29 is 23.9 Å². The molecule has 158 valence electrons. The van der Waals surface area contributed by atoms with Gasteiger partial charge in [0.15, 0.2) is 0 Å². The molecule has 3 fully saturated rings. The maximum absolute atomic E-state index is 12.6. The summed E-state index contributed by atoms with van der Waals surface area (Å²) in [5, 5.41) is 0. The molecule has 0 saturated heterocycles. The van der Waals surface area contributed by atoms with E-state index in [1.165, 1.54) is 0 Å². The second kappa shape index (κ2) is 8.16. The Kier molecular flexibility index (Phi) is 6.21. The van der Waals surface area contributed by atoms with Crippen LogP contribution in [0.2, 0.25) is 0 Å². The van der Waals surface area contributed by atoms with Gasteiger partial charge in [-0.05, 0) is 75.0 Å². The maximum Gasteiger partial charge on any atom is 0.306 e. The van der Waals surface area contributed by atoms with Gasteiger partial charge in [0.2, 0.25) is 0 Å². The molecule has 0 heterocycles. The van der Waals surface area contributed by atoms with Gasteiger partial charge in [-0.3, -0.25) is 14.4 Å². The number of ketones is 1. The normalized spacial score (nSPS) is 39.8. The summed E-state index contributed by atoms with van der Waals surface area (Å²) in [4.78, 5) is 37.3. The molecule has 6 atom stereocenters. The van der Waals surface area contributed by atoms with E-state index in [9.17, 15) is 14.4 Å². The van der Waals surface area contributed by atoms with Gasteiger partial charge < -0.3 is 9.47 Å². The Hall–Kier alpha value is -1.39. The lowest BCUT2D eigenvalue weighted by Gasteiger charge is -2.57. The Labute approximate surface area is 168 Å². The molecule has 0 spiro atoms. The number of carbonyl (C=O) groups is 3. The molecular formula is C23H36O5. The van der Waals surface area contributed by atoms with E-state index in [0.717, 1.165) is 32.1 Å². The summed E-state index contributed by atoms with van der Waals surface area (Å²) in [6.45, 7) is 8.76. The third-order valence-corrected chi connectivity index (χ3v) is 8.32. The van der Waals surface area contributed by atoms with E-state index in [0.29, 0.717) is 56.0 Å². The van der Waals surface area contributed by atoms with Gasteiger partial charge in [-0.1, -0.05) is 13.8 Å². The number of fused-ring (bicyclic) bond motifs is 3. The largest absolute Gasteiger partial charge is 0.466 e. The van der Waals surface area contributed by atoms with E-state index in [1.807, 2.05) is 13.8 Å². The molecule has 28 heavy (non-hydrogen) atoms. The SMILES string of the molecule is CCOC(=O)C[C@@H]1CC[C@@H]2[C@H](CC[C@]3(C)C(=O)CC[C@@H]23)[C@@]1(C)CC(=O)OCC. The highest BCUT2D eigenvalue weighted by atomic mass is 16.5. The molecule has 0 N–H and O–H groups in total. The molecule has 5 heteroatoms. The third-order valence-electron chi connectivity index (χ3n) is 8.32. The van der Waals surface area contributed by atoms with Crippen molar-refractivity contribution in [2.75, 3.05) is 13.2 Å². The summed E-state index contributed by atoms with van der Waals surface area (Å²) in [6.07, 6.45) is 6.22. The molecule has 3 rings (SSSR count). The number of ether oxygens (including phenoxy) is 2. The highest BCUT2D eigenvalue weighted by Crippen LogP contribution is 2.64. The van der Waals surface area contributed by atoms with Crippen molar-refractivity contribution in [3.63, 3.8) is 0 Å². The molecule has 0 aromatic heterocycles. The van der Waals surface area contributed by atoms with Crippen molar-refractivity contribution in [2.45, 2.75) is 79.1 Å². The van der Waals surface area contributed by atoms with E-state index < -0.39 is 0 Å². The van der Waals surface area contributed by atoms with Gasteiger partial charge in [0, 0.05) is 18.3 Å². The molecule has 0 radical (unpaired) electrons. The monoisotopic (exact) mass is 392 g/mol. The lowest BCUT2D eigenvalue weighted by Crippen LogP contribution is -2.53. The summed E-state index contributed by atoms with van der Waals surface area (Å²) in [5.41, 5.74) is -0.463.